The van der Waals surface area contributed by atoms with Crippen LogP contribution < -0.4 is 15.0 Å². The Kier molecular flexibility index (Phi) is 5.17. The van der Waals surface area contributed by atoms with Crippen LogP contribution in [0.3, 0.4) is 0 Å². The molecule has 0 bridgehead atoms. The zero-order valence-corrected chi connectivity index (χ0v) is 13.6. The Hall–Kier alpha value is -1.63. The number of rotatable bonds is 6. The van der Waals surface area contributed by atoms with Gasteiger partial charge in [0.25, 0.3) is 0 Å². The highest BCUT2D eigenvalue weighted by atomic mass is 16.5. The molecule has 1 aromatic rings. The summed E-state index contributed by atoms with van der Waals surface area (Å²) in [6.45, 7) is 5.99. The smallest absolute Gasteiger partial charge is 0.323 e. The molecule has 2 rings (SSSR count). The van der Waals surface area contributed by atoms with Gasteiger partial charge in [0.15, 0.2) is 0 Å². The zero-order chi connectivity index (χ0) is 15.4. The fraction of sp³-hybridized carbons (Fsp3) is 0.786. The maximum Gasteiger partial charge on any atom is 0.323 e. The number of aromatic nitrogens is 3. The average molecular weight is 294 g/mol. The van der Waals surface area contributed by atoms with E-state index < -0.39 is 0 Å². The van der Waals surface area contributed by atoms with Gasteiger partial charge in [-0.15, -0.1) is 0 Å². The third-order valence-electron chi connectivity index (χ3n) is 3.67. The first-order valence-corrected chi connectivity index (χ1v) is 7.51. The number of nitrogens with zero attached hydrogens (tertiary/aromatic N) is 5. The van der Waals surface area contributed by atoms with Gasteiger partial charge in [-0.1, -0.05) is 0 Å². The van der Waals surface area contributed by atoms with Crippen molar-refractivity contribution in [2.24, 2.45) is 0 Å². The SMILES string of the molecule is CNc1nc(OC(C)C)nc(N(C)CC2CCCN2C)n1. The van der Waals surface area contributed by atoms with Gasteiger partial charge in [-0.25, -0.2) is 0 Å². The van der Waals surface area contributed by atoms with Crippen molar-refractivity contribution in [1.29, 1.82) is 0 Å². The van der Waals surface area contributed by atoms with E-state index in [0.717, 1.165) is 6.54 Å². The first-order valence-electron chi connectivity index (χ1n) is 7.51. The number of likely N-dealkylation sites (tertiary alicyclic amines) is 1. The summed E-state index contributed by atoms with van der Waals surface area (Å²) < 4.78 is 5.60. The second kappa shape index (κ2) is 6.89. The first-order chi connectivity index (χ1) is 9.99. The minimum atomic E-state index is 0.0382. The number of ether oxygens (including phenoxy) is 1. The minimum absolute atomic E-state index is 0.0382. The third kappa shape index (κ3) is 4.17. The highest BCUT2D eigenvalue weighted by Gasteiger charge is 2.23. The van der Waals surface area contributed by atoms with Crippen LogP contribution in [0.1, 0.15) is 26.7 Å². The Bertz CT molecular complexity index is 467. The lowest BCUT2D eigenvalue weighted by molar-refractivity contribution is 0.222. The Morgan fingerprint density at radius 2 is 2.14 bits per heavy atom. The zero-order valence-electron chi connectivity index (χ0n) is 13.6. The topological polar surface area (TPSA) is 66.4 Å². The molecule has 0 spiro atoms. The third-order valence-corrected chi connectivity index (χ3v) is 3.67. The second-order valence-corrected chi connectivity index (χ2v) is 5.82. The molecule has 0 radical (unpaired) electrons. The molecule has 0 aliphatic carbocycles. The van der Waals surface area contributed by atoms with Gasteiger partial charge < -0.3 is 19.9 Å². The molecule has 2 heterocycles. The summed E-state index contributed by atoms with van der Waals surface area (Å²) in [5, 5.41) is 2.96. The standard InChI is InChI=1S/C14H26N6O/c1-10(2)21-14-17-12(15-3)16-13(18-14)20(5)9-11-7-6-8-19(11)4/h10-11H,6-9H2,1-5H3,(H,15,16,17,18). The van der Waals surface area contributed by atoms with Gasteiger partial charge in [0, 0.05) is 26.7 Å². The van der Waals surface area contributed by atoms with E-state index in [1.165, 1.54) is 19.4 Å². The summed E-state index contributed by atoms with van der Waals surface area (Å²) >= 11 is 0. The highest BCUT2D eigenvalue weighted by Crippen LogP contribution is 2.19. The van der Waals surface area contributed by atoms with Gasteiger partial charge in [0.1, 0.15) is 0 Å². The van der Waals surface area contributed by atoms with Gasteiger partial charge in [0.05, 0.1) is 6.10 Å². The van der Waals surface area contributed by atoms with Gasteiger partial charge in [-0.3, -0.25) is 0 Å². The lowest BCUT2D eigenvalue weighted by Crippen LogP contribution is -2.37. The van der Waals surface area contributed by atoms with Crippen molar-refractivity contribution in [2.45, 2.75) is 38.8 Å². The van der Waals surface area contributed by atoms with Crippen molar-refractivity contribution in [3.8, 4) is 6.01 Å². The molecule has 21 heavy (non-hydrogen) atoms. The fourth-order valence-corrected chi connectivity index (χ4v) is 2.50. The molecule has 0 aromatic carbocycles. The van der Waals surface area contributed by atoms with E-state index in [9.17, 15) is 0 Å². The Balaban J connectivity index is 2.12. The first kappa shape index (κ1) is 15.8. The molecule has 1 unspecified atom stereocenters. The van der Waals surface area contributed by atoms with Crippen molar-refractivity contribution in [2.75, 3.05) is 44.4 Å². The molecule has 7 nitrogen and oxygen atoms in total. The summed E-state index contributed by atoms with van der Waals surface area (Å²) in [6, 6.07) is 0.922. The molecule has 1 aliphatic heterocycles. The molecular formula is C14H26N6O. The molecule has 1 aromatic heterocycles. The van der Waals surface area contributed by atoms with Crippen LogP contribution in [0.15, 0.2) is 0 Å². The van der Waals surface area contributed by atoms with Gasteiger partial charge >= 0.3 is 6.01 Å². The molecule has 7 heteroatoms. The summed E-state index contributed by atoms with van der Waals surface area (Å²) in [7, 11) is 5.98. The van der Waals surface area contributed by atoms with Crippen LogP contribution in [-0.4, -0.2) is 66.2 Å². The van der Waals surface area contributed by atoms with E-state index in [1.807, 2.05) is 20.9 Å². The van der Waals surface area contributed by atoms with Crippen LogP contribution in [0.25, 0.3) is 0 Å². The van der Waals surface area contributed by atoms with Crippen LogP contribution >= 0.6 is 0 Å². The minimum Gasteiger partial charge on any atom is -0.461 e. The number of hydrogen-bond acceptors (Lipinski definition) is 7. The molecule has 118 valence electrons. The van der Waals surface area contributed by atoms with E-state index >= 15 is 0 Å². The molecule has 1 aliphatic rings. The lowest BCUT2D eigenvalue weighted by atomic mass is 10.2. The van der Waals surface area contributed by atoms with Crippen LogP contribution in [0.4, 0.5) is 11.9 Å². The lowest BCUT2D eigenvalue weighted by Gasteiger charge is -2.26. The maximum atomic E-state index is 5.60. The number of nitrogens with one attached hydrogen (secondary N) is 1. The van der Waals surface area contributed by atoms with Crippen molar-refractivity contribution in [3.63, 3.8) is 0 Å². The monoisotopic (exact) mass is 294 g/mol. The number of likely N-dealkylation sites (N-methyl/N-ethyl adjacent to an activating group) is 2. The summed E-state index contributed by atoms with van der Waals surface area (Å²) in [5.74, 6) is 1.17. The van der Waals surface area contributed by atoms with Crippen molar-refractivity contribution in [3.05, 3.63) is 0 Å². The largest absolute Gasteiger partial charge is 0.461 e. The quantitative estimate of drug-likeness (QED) is 0.846. The predicted octanol–water partition coefficient (Wildman–Crippen LogP) is 1.23. The van der Waals surface area contributed by atoms with Crippen LogP contribution in [0, 0.1) is 0 Å². The maximum absolute atomic E-state index is 5.60. The molecule has 1 fully saturated rings. The molecule has 1 N–H and O–H groups in total. The van der Waals surface area contributed by atoms with E-state index in [1.54, 1.807) is 7.05 Å². The number of anilines is 2. The van der Waals surface area contributed by atoms with Crippen molar-refractivity contribution < 1.29 is 4.74 Å². The molecular weight excluding hydrogens is 268 g/mol. The van der Waals surface area contributed by atoms with E-state index in [2.05, 4.69) is 37.1 Å². The van der Waals surface area contributed by atoms with Gasteiger partial charge in [-0.2, -0.15) is 15.0 Å². The Labute approximate surface area is 126 Å². The number of hydrogen-bond donors (Lipinski definition) is 1. The van der Waals surface area contributed by atoms with Crippen LogP contribution in [0.5, 0.6) is 6.01 Å². The summed E-state index contributed by atoms with van der Waals surface area (Å²) in [5.41, 5.74) is 0. The van der Waals surface area contributed by atoms with Crippen LogP contribution in [-0.2, 0) is 0 Å². The Morgan fingerprint density at radius 3 is 2.71 bits per heavy atom. The van der Waals surface area contributed by atoms with Gasteiger partial charge in [-0.05, 0) is 40.3 Å². The van der Waals surface area contributed by atoms with Gasteiger partial charge in [0.2, 0.25) is 11.9 Å². The average Bonchev–Trinajstić information content (AvgIpc) is 2.83. The summed E-state index contributed by atoms with van der Waals surface area (Å²) in [4.78, 5) is 17.5. The molecule has 0 amide bonds. The summed E-state index contributed by atoms with van der Waals surface area (Å²) in [6.07, 6.45) is 2.52. The van der Waals surface area contributed by atoms with Crippen LogP contribution in [0.2, 0.25) is 0 Å². The molecule has 1 saturated heterocycles. The highest BCUT2D eigenvalue weighted by molar-refractivity contribution is 5.37. The normalized spacial score (nSPS) is 19.0. The predicted molar refractivity (Wildman–Crippen MR) is 84.1 cm³/mol. The molecule has 1 atom stereocenters. The fourth-order valence-electron chi connectivity index (χ4n) is 2.50. The molecule has 0 saturated carbocycles. The second-order valence-electron chi connectivity index (χ2n) is 5.82. The van der Waals surface area contributed by atoms with E-state index in [-0.39, 0.29) is 6.10 Å². The van der Waals surface area contributed by atoms with Crippen molar-refractivity contribution >= 4 is 11.9 Å². The van der Waals surface area contributed by atoms with E-state index in [0.29, 0.717) is 23.9 Å². The van der Waals surface area contributed by atoms with E-state index in [4.69, 9.17) is 4.74 Å². The van der Waals surface area contributed by atoms with Crippen molar-refractivity contribution in [1.82, 2.24) is 19.9 Å². The Morgan fingerprint density at radius 1 is 1.38 bits per heavy atom.